The highest BCUT2D eigenvalue weighted by Gasteiger charge is 2.21. The van der Waals surface area contributed by atoms with Gasteiger partial charge in [-0.2, -0.15) is 10.2 Å². The highest BCUT2D eigenvalue weighted by atomic mass is 16.6. The third-order valence-electron chi connectivity index (χ3n) is 2.61. The second-order valence-corrected chi connectivity index (χ2v) is 3.91. The van der Waals surface area contributed by atoms with E-state index in [0.717, 1.165) is 5.69 Å². The SMILES string of the molecule is Cc1nn(Cc2ccn(C)n2)c(C)c1[N+](=O)[O-]. The fraction of sp³-hybridized carbons (Fsp3) is 0.400. The van der Waals surface area contributed by atoms with E-state index in [1.165, 1.54) is 0 Å². The van der Waals surface area contributed by atoms with E-state index >= 15 is 0 Å². The summed E-state index contributed by atoms with van der Waals surface area (Å²) in [6.45, 7) is 3.78. The number of aryl methyl sites for hydroxylation is 2. The molecule has 2 aromatic rings. The number of aromatic nitrogens is 4. The summed E-state index contributed by atoms with van der Waals surface area (Å²) in [5, 5.41) is 19.2. The van der Waals surface area contributed by atoms with Crippen molar-refractivity contribution in [2.45, 2.75) is 20.4 Å². The average molecular weight is 235 g/mol. The van der Waals surface area contributed by atoms with E-state index in [2.05, 4.69) is 10.2 Å². The monoisotopic (exact) mass is 235 g/mol. The van der Waals surface area contributed by atoms with E-state index in [1.807, 2.05) is 19.3 Å². The molecule has 0 atom stereocenters. The fourth-order valence-electron chi connectivity index (χ4n) is 1.81. The van der Waals surface area contributed by atoms with Crippen LogP contribution in [-0.4, -0.2) is 24.5 Å². The Bertz CT molecular complexity index is 569. The van der Waals surface area contributed by atoms with Gasteiger partial charge in [-0.25, -0.2) is 0 Å². The first-order chi connectivity index (χ1) is 7.99. The van der Waals surface area contributed by atoms with Crippen molar-refractivity contribution in [3.63, 3.8) is 0 Å². The number of hydrogen-bond acceptors (Lipinski definition) is 4. The third kappa shape index (κ3) is 2.03. The van der Waals surface area contributed by atoms with Crippen LogP contribution >= 0.6 is 0 Å². The molecule has 0 bridgehead atoms. The van der Waals surface area contributed by atoms with Crippen molar-refractivity contribution >= 4 is 5.69 Å². The van der Waals surface area contributed by atoms with Gasteiger partial charge in [-0.05, 0) is 19.9 Å². The van der Waals surface area contributed by atoms with Crippen LogP contribution in [0.15, 0.2) is 12.3 Å². The molecule has 2 heterocycles. The van der Waals surface area contributed by atoms with Crippen molar-refractivity contribution in [1.82, 2.24) is 19.6 Å². The summed E-state index contributed by atoms with van der Waals surface area (Å²) in [7, 11) is 1.83. The molecule has 2 rings (SSSR count). The zero-order valence-corrected chi connectivity index (χ0v) is 9.91. The van der Waals surface area contributed by atoms with Gasteiger partial charge in [0.05, 0.1) is 17.2 Å². The van der Waals surface area contributed by atoms with Gasteiger partial charge >= 0.3 is 5.69 Å². The van der Waals surface area contributed by atoms with Gasteiger partial charge in [0.2, 0.25) is 0 Å². The number of rotatable bonds is 3. The highest BCUT2D eigenvalue weighted by molar-refractivity contribution is 5.39. The Morgan fingerprint density at radius 3 is 2.59 bits per heavy atom. The summed E-state index contributed by atoms with van der Waals surface area (Å²) >= 11 is 0. The van der Waals surface area contributed by atoms with Gasteiger partial charge in [0.15, 0.2) is 0 Å². The zero-order chi connectivity index (χ0) is 12.6. The van der Waals surface area contributed by atoms with Crippen LogP contribution < -0.4 is 0 Å². The molecule has 0 amide bonds. The highest BCUT2D eigenvalue weighted by Crippen LogP contribution is 2.22. The Hall–Kier alpha value is -2.18. The second kappa shape index (κ2) is 4.00. The van der Waals surface area contributed by atoms with Crippen LogP contribution in [-0.2, 0) is 13.6 Å². The molecule has 90 valence electrons. The zero-order valence-electron chi connectivity index (χ0n) is 9.91. The Labute approximate surface area is 97.8 Å². The lowest BCUT2D eigenvalue weighted by atomic mass is 10.3. The minimum atomic E-state index is -0.396. The Morgan fingerprint density at radius 2 is 2.12 bits per heavy atom. The molecule has 0 unspecified atom stereocenters. The maximum atomic E-state index is 10.8. The predicted molar refractivity (Wildman–Crippen MR) is 60.7 cm³/mol. The molecular formula is C10H13N5O2. The first-order valence-corrected chi connectivity index (χ1v) is 5.16. The van der Waals surface area contributed by atoms with Crippen molar-refractivity contribution < 1.29 is 4.92 Å². The number of nitro groups is 1. The largest absolute Gasteiger partial charge is 0.312 e. The smallest absolute Gasteiger partial charge is 0.275 e. The van der Waals surface area contributed by atoms with E-state index in [4.69, 9.17) is 0 Å². The van der Waals surface area contributed by atoms with Crippen molar-refractivity contribution in [3.05, 3.63) is 39.5 Å². The molecular weight excluding hydrogens is 222 g/mol. The molecule has 0 N–H and O–H groups in total. The first-order valence-electron chi connectivity index (χ1n) is 5.16. The third-order valence-corrected chi connectivity index (χ3v) is 2.61. The van der Waals surface area contributed by atoms with Gasteiger partial charge in [-0.1, -0.05) is 0 Å². The molecule has 0 aromatic carbocycles. The molecule has 0 aliphatic rings. The van der Waals surface area contributed by atoms with Gasteiger partial charge in [0.25, 0.3) is 0 Å². The van der Waals surface area contributed by atoms with E-state index < -0.39 is 4.92 Å². The summed E-state index contributed by atoms with van der Waals surface area (Å²) in [6.07, 6.45) is 1.83. The first kappa shape index (κ1) is 11.3. The van der Waals surface area contributed by atoms with Gasteiger partial charge in [-0.15, -0.1) is 0 Å². The molecule has 0 saturated carbocycles. The van der Waals surface area contributed by atoms with E-state index in [1.54, 1.807) is 23.2 Å². The Kier molecular flexibility index (Phi) is 2.66. The molecule has 0 spiro atoms. The van der Waals surface area contributed by atoms with E-state index in [0.29, 0.717) is 17.9 Å². The van der Waals surface area contributed by atoms with Gasteiger partial charge in [0.1, 0.15) is 11.4 Å². The molecule has 0 fully saturated rings. The molecule has 0 radical (unpaired) electrons. The summed E-state index contributed by atoms with van der Waals surface area (Å²) in [6, 6.07) is 1.86. The molecule has 17 heavy (non-hydrogen) atoms. The standard InChI is InChI=1S/C10H13N5O2/c1-7-10(15(16)17)8(2)14(11-7)6-9-4-5-13(3)12-9/h4-5H,6H2,1-3H3. The molecule has 7 heteroatoms. The number of hydrogen-bond donors (Lipinski definition) is 0. The number of nitrogens with zero attached hydrogens (tertiary/aromatic N) is 5. The lowest BCUT2D eigenvalue weighted by Gasteiger charge is -1.99. The fourth-order valence-corrected chi connectivity index (χ4v) is 1.81. The van der Waals surface area contributed by atoms with Gasteiger partial charge in [0, 0.05) is 13.2 Å². The maximum Gasteiger partial charge on any atom is 0.312 e. The quantitative estimate of drug-likeness (QED) is 0.591. The molecule has 0 aliphatic heterocycles. The summed E-state index contributed by atoms with van der Waals surface area (Å²) < 4.78 is 3.30. The minimum Gasteiger partial charge on any atom is -0.275 e. The molecule has 0 saturated heterocycles. The predicted octanol–water partition coefficient (Wildman–Crippen LogP) is 1.19. The van der Waals surface area contributed by atoms with Crippen LogP contribution in [0, 0.1) is 24.0 Å². The van der Waals surface area contributed by atoms with Gasteiger partial charge in [-0.3, -0.25) is 19.5 Å². The average Bonchev–Trinajstić information content (AvgIpc) is 2.73. The minimum absolute atomic E-state index is 0.0842. The van der Waals surface area contributed by atoms with Crippen LogP contribution in [0.25, 0.3) is 0 Å². The Balaban J connectivity index is 2.34. The van der Waals surface area contributed by atoms with Crippen molar-refractivity contribution in [2.24, 2.45) is 7.05 Å². The van der Waals surface area contributed by atoms with Crippen LogP contribution in [0.2, 0.25) is 0 Å². The molecule has 7 nitrogen and oxygen atoms in total. The summed E-state index contributed by atoms with van der Waals surface area (Å²) in [4.78, 5) is 10.4. The van der Waals surface area contributed by atoms with Crippen molar-refractivity contribution in [3.8, 4) is 0 Å². The lowest BCUT2D eigenvalue weighted by molar-refractivity contribution is -0.386. The summed E-state index contributed by atoms with van der Waals surface area (Å²) in [5.74, 6) is 0. The Morgan fingerprint density at radius 1 is 1.41 bits per heavy atom. The topological polar surface area (TPSA) is 78.8 Å². The van der Waals surface area contributed by atoms with E-state index in [-0.39, 0.29) is 5.69 Å². The summed E-state index contributed by atoms with van der Waals surface area (Å²) in [5.41, 5.74) is 1.90. The van der Waals surface area contributed by atoms with Crippen LogP contribution in [0.1, 0.15) is 17.1 Å². The second-order valence-electron chi connectivity index (χ2n) is 3.91. The van der Waals surface area contributed by atoms with Crippen LogP contribution in [0.4, 0.5) is 5.69 Å². The molecule has 2 aromatic heterocycles. The van der Waals surface area contributed by atoms with Crippen LogP contribution in [0.5, 0.6) is 0 Å². The van der Waals surface area contributed by atoms with E-state index in [9.17, 15) is 10.1 Å². The van der Waals surface area contributed by atoms with Crippen LogP contribution in [0.3, 0.4) is 0 Å². The lowest BCUT2D eigenvalue weighted by Crippen LogP contribution is -2.05. The van der Waals surface area contributed by atoms with Crippen molar-refractivity contribution in [1.29, 1.82) is 0 Å². The van der Waals surface area contributed by atoms with Crippen molar-refractivity contribution in [2.75, 3.05) is 0 Å². The maximum absolute atomic E-state index is 10.8. The molecule has 0 aliphatic carbocycles. The normalized spacial score (nSPS) is 10.8. The van der Waals surface area contributed by atoms with Gasteiger partial charge < -0.3 is 0 Å².